The van der Waals surface area contributed by atoms with Crippen molar-refractivity contribution in [3.8, 4) is 0 Å². The van der Waals surface area contributed by atoms with Crippen LogP contribution >= 0.6 is 11.8 Å². The Hall–Kier alpha value is -2.26. The number of thioether (sulfide) groups is 1. The van der Waals surface area contributed by atoms with E-state index in [-0.39, 0.29) is 5.91 Å². The standard InChI is InChI=1S/C21H23F3N4OS/c22-21(23,24)16-6-7-19(25-14-16)27-9-3-8-26(10-11-27)15-20(29)28-12-13-30-18-5-2-1-4-17(18)28/h1-2,4-7,14H,3,8-13,15H2. The van der Waals surface area contributed by atoms with E-state index in [0.717, 1.165) is 41.6 Å². The zero-order valence-electron chi connectivity index (χ0n) is 16.4. The summed E-state index contributed by atoms with van der Waals surface area (Å²) in [6.07, 6.45) is -2.68. The molecular weight excluding hydrogens is 413 g/mol. The third-order valence-electron chi connectivity index (χ3n) is 5.38. The minimum Gasteiger partial charge on any atom is -0.355 e. The van der Waals surface area contributed by atoms with Crippen LogP contribution in [0.3, 0.4) is 0 Å². The van der Waals surface area contributed by atoms with E-state index < -0.39 is 11.7 Å². The predicted molar refractivity (Wildman–Crippen MR) is 112 cm³/mol. The van der Waals surface area contributed by atoms with Crippen LogP contribution < -0.4 is 9.80 Å². The Bertz CT molecular complexity index is 891. The normalized spacial score (nSPS) is 18.1. The minimum atomic E-state index is -4.38. The van der Waals surface area contributed by atoms with E-state index in [4.69, 9.17) is 0 Å². The first-order valence-corrected chi connectivity index (χ1v) is 10.9. The molecule has 1 fully saturated rings. The molecule has 2 aliphatic rings. The number of para-hydroxylation sites is 1. The Labute approximate surface area is 177 Å². The molecule has 1 saturated heterocycles. The van der Waals surface area contributed by atoms with Gasteiger partial charge >= 0.3 is 6.18 Å². The number of fused-ring (bicyclic) bond motifs is 1. The van der Waals surface area contributed by atoms with Gasteiger partial charge < -0.3 is 9.80 Å². The van der Waals surface area contributed by atoms with Crippen LogP contribution in [0.25, 0.3) is 0 Å². The number of carbonyl (C=O) groups excluding carboxylic acids is 1. The first-order valence-electron chi connectivity index (χ1n) is 9.94. The number of amides is 1. The van der Waals surface area contributed by atoms with Crippen LogP contribution in [0.15, 0.2) is 47.5 Å². The summed E-state index contributed by atoms with van der Waals surface area (Å²) in [4.78, 5) is 24.1. The number of pyridine rings is 1. The molecular formula is C21H23F3N4OS. The first kappa shape index (κ1) is 21.0. The molecule has 5 nitrogen and oxygen atoms in total. The quantitative estimate of drug-likeness (QED) is 0.733. The second-order valence-corrected chi connectivity index (χ2v) is 8.52. The second-order valence-electron chi connectivity index (χ2n) is 7.38. The number of hydrogen-bond acceptors (Lipinski definition) is 5. The van der Waals surface area contributed by atoms with Gasteiger partial charge in [-0.05, 0) is 30.7 Å². The summed E-state index contributed by atoms with van der Waals surface area (Å²) >= 11 is 1.77. The molecule has 2 aliphatic heterocycles. The Balaban J connectivity index is 1.36. The summed E-state index contributed by atoms with van der Waals surface area (Å²) in [5, 5.41) is 0. The number of benzene rings is 1. The highest BCUT2D eigenvalue weighted by Crippen LogP contribution is 2.34. The van der Waals surface area contributed by atoms with Crippen molar-refractivity contribution in [3.63, 3.8) is 0 Å². The molecule has 4 rings (SSSR count). The van der Waals surface area contributed by atoms with E-state index in [1.807, 2.05) is 34.1 Å². The van der Waals surface area contributed by atoms with Gasteiger partial charge in [-0.1, -0.05) is 12.1 Å². The number of nitrogens with zero attached hydrogens (tertiary/aromatic N) is 4. The van der Waals surface area contributed by atoms with Gasteiger partial charge in [0.05, 0.1) is 17.8 Å². The van der Waals surface area contributed by atoms with E-state index in [1.165, 1.54) is 6.07 Å². The smallest absolute Gasteiger partial charge is 0.355 e. The number of hydrogen-bond donors (Lipinski definition) is 0. The summed E-state index contributed by atoms with van der Waals surface area (Å²) in [6, 6.07) is 10.5. The van der Waals surface area contributed by atoms with Crippen molar-refractivity contribution in [2.45, 2.75) is 17.5 Å². The molecule has 0 N–H and O–H groups in total. The summed E-state index contributed by atoms with van der Waals surface area (Å²) < 4.78 is 38.2. The predicted octanol–water partition coefficient (Wildman–Crippen LogP) is 3.75. The lowest BCUT2D eigenvalue weighted by Gasteiger charge is -2.31. The molecule has 0 radical (unpaired) electrons. The van der Waals surface area contributed by atoms with E-state index in [2.05, 4.69) is 9.88 Å². The van der Waals surface area contributed by atoms with Crippen molar-refractivity contribution in [2.24, 2.45) is 0 Å². The number of rotatable bonds is 3. The molecule has 0 atom stereocenters. The zero-order chi connectivity index (χ0) is 21.1. The Morgan fingerprint density at radius 1 is 1.03 bits per heavy atom. The highest BCUT2D eigenvalue weighted by Gasteiger charge is 2.31. The Morgan fingerprint density at radius 2 is 1.87 bits per heavy atom. The molecule has 3 heterocycles. The van der Waals surface area contributed by atoms with Crippen LogP contribution in [-0.4, -0.2) is 60.8 Å². The van der Waals surface area contributed by atoms with E-state index in [0.29, 0.717) is 38.5 Å². The molecule has 0 bridgehead atoms. The summed E-state index contributed by atoms with van der Waals surface area (Å²) in [5.41, 5.74) is 0.234. The number of aromatic nitrogens is 1. The SMILES string of the molecule is O=C(CN1CCCN(c2ccc(C(F)(F)F)cn2)CC1)N1CCSc2ccccc21. The fraction of sp³-hybridized carbons (Fsp3) is 0.429. The van der Waals surface area contributed by atoms with Gasteiger partial charge in [-0.3, -0.25) is 9.69 Å². The highest BCUT2D eigenvalue weighted by molar-refractivity contribution is 7.99. The van der Waals surface area contributed by atoms with E-state index in [1.54, 1.807) is 11.8 Å². The van der Waals surface area contributed by atoms with Crippen molar-refractivity contribution in [1.29, 1.82) is 0 Å². The molecule has 30 heavy (non-hydrogen) atoms. The second kappa shape index (κ2) is 8.85. The topological polar surface area (TPSA) is 39.7 Å². The van der Waals surface area contributed by atoms with Gasteiger partial charge in [0, 0.05) is 49.6 Å². The molecule has 0 unspecified atom stereocenters. The fourth-order valence-electron chi connectivity index (χ4n) is 3.80. The molecule has 2 aromatic rings. The molecule has 1 aromatic carbocycles. The van der Waals surface area contributed by atoms with Gasteiger partial charge in [-0.15, -0.1) is 11.8 Å². The molecule has 0 spiro atoms. The Kier molecular flexibility index (Phi) is 6.19. The summed E-state index contributed by atoms with van der Waals surface area (Å²) in [6.45, 7) is 3.80. The average Bonchev–Trinajstić information content (AvgIpc) is 2.98. The Morgan fingerprint density at radius 3 is 2.63 bits per heavy atom. The van der Waals surface area contributed by atoms with Crippen LogP contribution in [0.4, 0.5) is 24.7 Å². The van der Waals surface area contributed by atoms with E-state index >= 15 is 0 Å². The van der Waals surface area contributed by atoms with Gasteiger partial charge in [-0.25, -0.2) is 4.98 Å². The van der Waals surface area contributed by atoms with E-state index in [9.17, 15) is 18.0 Å². The first-order chi connectivity index (χ1) is 14.4. The van der Waals surface area contributed by atoms with Gasteiger partial charge in [-0.2, -0.15) is 13.2 Å². The molecule has 9 heteroatoms. The van der Waals surface area contributed by atoms with Gasteiger partial charge in [0.1, 0.15) is 5.82 Å². The number of anilines is 2. The maximum atomic E-state index is 13.0. The molecule has 0 saturated carbocycles. The lowest BCUT2D eigenvalue weighted by atomic mass is 10.2. The molecule has 1 aromatic heterocycles. The van der Waals surface area contributed by atoms with Crippen LogP contribution in [0, 0.1) is 0 Å². The summed E-state index contributed by atoms with van der Waals surface area (Å²) in [5.74, 6) is 1.51. The van der Waals surface area contributed by atoms with Gasteiger partial charge in [0.15, 0.2) is 0 Å². The fourth-order valence-corrected chi connectivity index (χ4v) is 4.80. The van der Waals surface area contributed by atoms with Crippen molar-refractivity contribution in [2.75, 3.05) is 54.8 Å². The zero-order valence-corrected chi connectivity index (χ0v) is 17.3. The van der Waals surface area contributed by atoms with Crippen LogP contribution in [-0.2, 0) is 11.0 Å². The maximum absolute atomic E-state index is 13.0. The van der Waals surface area contributed by atoms with Gasteiger partial charge in [0.2, 0.25) is 5.91 Å². The lowest BCUT2D eigenvalue weighted by molar-refractivity contribution is -0.137. The minimum absolute atomic E-state index is 0.0869. The number of alkyl halides is 3. The van der Waals surface area contributed by atoms with Crippen molar-refractivity contribution >= 4 is 29.2 Å². The monoisotopic (exact) mass is 436 g/mol. The number of halogens is 3. The highest BCUT2D eigenvalue weighted by atomic mass is 32.2. The molecule has 160 valence electrons. The summed E-state index contributed by atoms with van der Waals surface area (Å²) in [7, 11) is 0. The third kappa shape index (κ3) is 4.73. The molecule has 0 aliphatic carbocycles. The largest absolute Gasteiger partial charge is 0.417 e. The van der Waals surface area contributed by atoms with Crippen LogP contribution in [0.1, 0.15) is 12.0 Å². The molecule has 1 amide bonds. The van der Waals surface area contributed by atoms with Crippen molar-refractivity contribution in [1.82, 2.24) is 9.88 Å². The third-order valence-corrected chi connectivity index (χ3v) is 6.42. The van der Waals surface area contributed by atoms with Crippen LogP contribution in [0.5, 0.6) is 0 Å². The number of carbonyl (C=O) groups is 1. The average molecular weight is 437 g/mol. The van der Waals surface area contributed by atoms with Crippen LogP contribution in [0.2, 0.25) is 0 Å². The van der Waals surface area contributed by atoms with Crippen molar-refractivity contribution < 1.29 is 18.0 Å². The van der Waals surface area contributed by atoms with Crippen molar-refractivity contribution in [3.05, 3.63) is 48.2 Å². The van der Waals surface area contributed by atoms with Gasteiger partial charge in [0.25, 0.3) is 0 Å². The maximum Gasteiger partial charge on any atom is 0.417 e. The lowest BCUT2D eigenvalue weighted by Crippen LogP contribution is -2.43.